The van der Waals surface area contributed by atoms with Crippen molar-refractivity contribution in [3.8, 4) is 0 Å². The lowest BCUT2D eigenvalue weighted by molar-refractivity contribution is -0.0526. The number of hydrogen-bond acceptors (Lipinski definition) is 4. The second kappa shape index (κ2) is 3.98. The Kier molecular flexibility index (Phi) is 2.21. The van der Waals surface area contributed by atoms with Gasteiger partial charge >= 0.3 is 0 Å². The molecule has 3 aromatic carbocycles. The summed E-state index contributed by atoms with van der Waals surface area (Å²) in [6.07, 6.45) is -0.111. The van der Waals surface area contributed by atoms with E-state index in [9.17, 15) is 0 Å². The second-order valence-corrected chi connectivity index (χ2v) is 6.65. The molecular formula is C20H16O4. The molecule has 2 fully saturated rings. The van der Waals surface area contributed by atoms with Crippen LogP contribution in [0, 0.1) is 0 Å². The van der Waals surface area contributed by atoms with Crippen molar-refractivity contribution in [1.29, 1.82) is 0 Å². The Morgan fingerprint density at radius 1 is 0.833 bits per heavy atom. The first-order valence-corrected chi connectivity index (χ1v) is 8.17. The molecule has 4 nitrogen and oxygen atoms in total. The molecule has 4 unspecified atom stereocenters. The Morgan fingerprint density at radius 3 is 2.12 bits per heavy atom. The summed E-state index contributed by atoms with van der Waals surface area (Å²) in [5.41, 5.74) is 2.24. The van der Waals surface area contributed by atoms with Crippen molar-refractivity contribution in [3.05, 3.63) is 59.7 Å². The topological polar surface area (TPSA) is 43.5 Å². The van der Waals surface area contributed by atoms with Crippen LogP contribution in [0.3, 0.4) is 0 Å². The van der Waals surface area contributed by atoms with Gasteiger partial charge in [0.05, 0.1) is 0 Å². The zero-order valence-electron chi connectivity index (χ0n) is 13.4. The molecule has 2 saturated heterocycles. The predicted octanol–water partition coefficient (Wildman–Crippen LogP) is 3.62. The van der Waals surface area contributed by atoms with E-state index in [1.54, 1.807) is 14.2 Å². The van der Waals surface area contributed by atoms with Crippen LogP contribution >= 0.6 is 0 Å². The first-order valence-electron chi connectivity index (χ1n) is 8.17. The van der Waals surface area contributed by atoms with Crippen molar-refractivity contribution in [2.75, 3.05) is 14.2 Å². The fraction of sp³-hybridized carbons (Fsp3) is 0.300. The van der Waals surface area contributed by atoms with Gasteiger partial charge in [0.15, 0.2) is 0 Å². The lowest BCUT2D eigenvalue weighted by Gasteiger charge is -2.26. The van der Waals surface area contributed by atoms with Gasteiger partial charge in [-0.05, 0) is 21.5 Å². The lowest BCUT2D eigenvalue weighted by Crippen LogP contribution is -2.37. The summed E-state index contributed by atoms with van der Waals surface area (Å²) in [6.45, 7) is 0. The van der Waals surface area contributed by atoms with E-state index in [1.807, 2.05) is 0 Å². The Morgan fingerprint density at radius 2 is 1.46 bits per heavy atom. The van der Waals surface area contributed by atoms with Crippen molar-refractivity contribution in [2.45, 2.75) is 23.8 Å². The van der Waals surface area contributed by atoms with E-state index < -0.39 is 11.6 Å². The molecule has 0 radical (unpaired) electrons. The molecule has 0 amide bonds. The average molecular weight is 320 g/mol. The molecule has 2 aliphatic heterocycles. The van der Waals surface area contributed by atoms with Crippen molar-refractivity contribution in [3.63, 3.8) is 0 Å². The van der Waals surface area contributed by atoms with Gasteiger partial charge in [0.2, 0.25) is 0 Å². The Bertz CT molecular complexity index is 1030. The molecule has 3 aliphatic rings. The van der Waals surface area contributed by atoms with E-state index in [2.05, 4.69) is 48.5 Å². The van der Waals surface area contributed by atoms with E-state index in [-0.39, 0.29) is 12.2 Å². The van der Waals surface area contributed by atoms with Gasteiger partial charge in [0.1, 0.15) is 12.2 Å². The van der Waals surface area contributed by atoms with Crippen molar-refractivity contribution >= 4 is 21.5 Å². The number of ether oxygens (including phenoxy) is 4. The number of hydrogen-bond donors (Lipinski definition) is 0. The molecule has 4 heteroatoms. The number of epoxide rings is 2. The van der Waals surface area contributed by atoms with E-state index in [4.69, 9.17) is 18.9 Å². The maximum Gasteiger partial charge on any atom is 0.261 e. The normalized spacial score (nSPS) is 35.4. The summed E-state index contributed by atoms with van der Waals surface area (Å²) >= 11 is 0. The highest BCUT2D eigenvalue weighted by Gasteiger charge is 2.87. The third-order valence-electron chi connectivity index (χ3n) is 5.76. The van der Waals surface area contributed by atoms with E-state index in [0.29, 0.717) is 0 Å². The molecule has 0 bridgehead atoms. The van der Waals surface area contributed by atoms with Gasteiger partial charge in [-0.15, -0.1) is 0 Å². The van der Waals surface area contributed by atoms with Crippen LogP contribution in [0.15, 0.2) is 48.5 Å². The predicted molar refractivity (Wildman–Crippen MR) is 88.6 cm³/mol. The number of methoxy groups -OCH3 is 2. The molecule has 4 atom stereocenters. The summed E-state index contributed by atoms with van der Waals surface area (Å²) in [4.78, 5) is 0. The number of rotatable bonds is 2. The molecule has 120 valence electrons. The standard InChI is InChI=1S/C20H16O4/c1-21-19-16-14-10-6-4-8-12(14)11-7-3-5-9-13(11)15(16)17-18(23-17)20(19,22-2)24-19/h3-10,17-18H,1-2H3. The summed E-state index contributed by atoms with van der Waals surface area (Å²) in [5.74, 6) is -1.72. The van der Waals surface area contributed by atoms with Crippen LogP contribution in [0.5, 0.6) is 0 Å². The van der Waals surface area contributed by atoms with Crippen molar-refractivity contribution < 1.29 is 18.9 Å². The highest BCUT2D eigenvalue weighted by molar-refractivity contribution is 6.11. The maximum atomic E-state index is 6.12. The zero-order valence-corrected chi connectivity index (χ0v) is 13.4. The van der Waals surface area contributed by atoms with Gasteiger partial charge in [-0.2, -0.15) is 0 Å². The summed E-state index contributed by atoms with van der Waals surface area (Å²) < 4.78 is 23.8. The van der Waals surface area contributed by atoms with Crippen molar-refractivity contribution in [2.24, 2.45) is 0 Å². The molecule has 0 aromatic heterocycles. The molecule has 0 saturated carbocycles. The van der Waals surface area contributed by atoms with Gasteiger partial charge in [-0.3, -0.25) is 0 Å². The summed E-state index contributed by atoms with van der Waals surface area (Å²) in [6, 6.07) is 16.9. The molecule has 3 aromatic rings. The molecule has 0 spiro atoms. The Labute approximate surface area is 138 Å². The first-order chi connectivity index (χ1) is 11.8. The molecule has 0 N–H and O–H groups in total. The van der Waals surface area contributed by atoms with Crippen LogP contribution in [0.4, 0.5) is 0 Å². The van der Waals surface area contributed by atoms with Crippen LogP contribution in [0.1, 0.15) is 17.2 Å². The SMILES string of the molecule is COC12OC1(OC)C1OC1c1c2c2ccccc2c2ccccc12. The van der Waals surface area contributed by atoms with E-state index in [0.717, 1.165) is 10.9 Å². The Balaban J connectivity index is 1.84. The molecular weight excluding hydrogens is 304 g/mol. The minimum absolute atomic E-state index is 0.000214. The van der Waals surface area contributed by atoms with E-state index in [1.165, 1.54) is 21.7 Å². The van der Waals surface area contributed by atoms with Gasteiger partial charge < -0.3 is 18.9 Å². The summed E-state index contributed by atoms with van der Waals surface area (Å²) in [5, 5.41) is 4.78. The molecule has 6 rings (SSSR count). The fourth-order valence-corrected chi connectivity index (χ4v) is 4.68. The van der Waals surface area contributed by atoms with Gasteiger partial charge in [0, 0.05) is 25.3 Å². The molecule has 2 heterocycles. The van der Waals surface area contributed by atoms with Crippen LogP contribution in [-0.2, 0) is 24.7 Å². The number of benzene rings is 3. The van der Waals surface area contributed by atoms with Crippen LogP contribution in [0.25, 0.3) is 21.5 Å². The maximum absolute atomic E-state index is 6.12. The van der Waals surface area contributed by atoms with Crippen LogP contribution in [0.2, 0.25) is 0 Å². The fourth-order valence-electron chi connectivity index (χ4n) is 4.68. The van der Waals surface area contributed by atoms with Gasteiger partial charge in [-0.25, -0.2) is 0 Å². The minimum atomic E-state index is -0.890. The van der Waals surface area contributed by atoms with Gasteiger partial charge in [0.25, 0.3) is 11.6 Å². The van der Waals surface area contributed by atoms with Crippen LogP contribution < -0.4 is 0 Å². The van der Waals surface area contributed by atoms with Gasteiger partial charge in [-0.1, -0.05) is 48.5 Å². The quantitative estimate of drug-likeness (QED) is 0.534. The zero-order chi connectivity index (χ0) is 16.1. The third-order valence-corrected chi connectivity index (χ3v) is 5.76. The first kappa shape index (κ1) is 13.3. The monoisotopic (exact) mass is 320 g/mol. The Hall–Kier alpha value is -1.98. The molecule has 1 aliphatic carbocycles. The number of fused-ring (bicyclic) bond motifs is 11. The smallest absolute Gasteiger partial charge is 0.261 e. The van der Waals surface area contributed by atoms with Crippen molar-refractivity contribution in [1.82, 2.24) is 0 Å². The second-order valence-electron chi connectivity index (χ2n) is 6.65. The largest absolute Gasteiger partial charge is 0.358 e. The average Bonchev–Trinajstić information content (AvgIpc) is 3.53. The highest BCUT2D eigenvalue weighted by Crippen LogP contribution is 2.73. The van der Waals surface area contributed by atoms with E-state index >= 15 is 0 Å². The summed E-state index contributed by atoms with van der Waals surface area (Å²) in [7, 11) is 3.34. The molecule has 24 heavy (non-hydrogen) atoms. The minimum Gasteiger partial charge on any atom is -0.358 e. The lowest BCUT2D eigenvalue weighted by atomic mass is 9.80. The third kappa shape index (κ3) is 1.22. The highest BCUT2D eigenvalue weighted by atomic mass is 16.9. The van der Waals surface area contributed by atoms with Crippen LogP contribution in [-0.4, -0.2) is 26.1 Å².